The molecule has 0 aliphatic carbocycles. The third-order valence-corrected chi connectivity index (χ3v) is 3.15. The zero-order valence-electron chi connectivity index (χ0n) is 11.3. The molecular formula is C15H25ClN2. The molecular weight excluding hydrogens is 244 g/mol. The second-order valence-electron chi connectivity index (χ2n) is 4.60. The lowest BCUT2D eigenvalue weighted by molar-refractivity contribution is 0.589. The van der Waals surface area contributed by atoms with Crippen molar-refractivity contribution in [2.75, 3.05) is 25.0 Å². The van der Waals surface area contributed by atoms with Crippen molar-refractivity contribution in [3.8, 4) is 0 Å². The molecule has 1 aromatic carbocycles. The largest absolute Gasteiger partial charge is 0.384 e. The first-order valence-electron chi connectivity index (χ1n) is 7.03. The van der Waals surface area contributed by atoms with Gasteiger partial charge in [0.2, 0.25) is 0 Å². The number of hydrogen-bond acceptors (Lipinski definition) is 2. The molecule has 1 rings (SSSR count). The lowest BCUT2D eigenvalue weighted by Crippen LogP contribution is -2.23. The molecule has 0 aromatic heterocycles. The number of anilines is 1. The van der Waals surface area contributed by atoms with Crippen LogP contribution >= 0.6 is 11.6 Å². The number of benzene rings is 1. The Balaban J connectivity index is 1.92. The van der Waals surface area contributed by atoms with Crippen LogP contribution in [0.4, 0.5) is 5.69 Å². The topological polar surface area (TPSA) is 24.1 Å². The number of nitrogens with one attached hydrogen (secondary N) is 2. The van der Waals surface area contributed by atoms with Crippen molar-refractivity contribution in [3.05, 3.63) is 29.3 Å². The molecule has 18 heavy (non-hydrogen) atoms. The van der Waals surface area contributed by atoms with E-state index in [2.05, 4.69) is 17.6 Å². The quantitative estimate of drug-likeness (QED) is 0.618. The van der Waals surface area contributed by atoms with Gasteiger partial charge in [0.15, 0.2) is 0 Å². The lowest BCUT2D eigenvalue weighted by atomic mass is 10.1. The van der Waals surface area contributed by atoms with Crippen LogP contribution in [0, 0.1) is 0 Å². The molecule has 0 atom stereocenters. The van der Waals surface area contributed by atoms with Gasteiger partial charge in [-0.15, -0.1) is 0 Å². The van der Waals surface area contributed by atoms with E-state index in [9.17, 15) is 0 Å². The molecule has 0 fully saturated rings. The second kappa shape index (κ2) is 10.2. The third kappa shape index (κ3) is 7.57. The Kier molecular flexibility index (Phi) is 8.70. The summed E-state index contributed by atoms with van der Waals surface area (Å²) in [6.07, 6.45) is 6.70. The van der Waals surface area contributed by atoms with Gasteiger partial charge in [0.25, 0.3) is 0 Å². The normalized spacial score (nSPS) is 10.6. The molecule has 102 valence electrons. The first-order chi connectivity index (χ1) is 8.83. The summed E-state index contributed by atoms with van der Waals surface area (Å²) >= 11 is 5.91. The van der Waals surface area contributed by atoms with Crippen LogP contribution in [0.25, 0.3) is 0 Å². The SMILES string of the molecule is CCCCCCCNCCNc1cccc(Cl)c1. The Morgan fingerprint density at radius 1 is 1.00 bits per heavy atom. The van der Waals surface area contributed by atoms with E-state index in [0.29, 0.717) is 0 Å². The highest BCUT2D eigenvalue weighted by Gasteiger charge is 1.93. The number of halogens is 1. The Hall–Kier alpha value is -0.730. The molecule has 0 unspecified atom stereocenters. The van der Waals surface area contributed by atoms with Crippen LogP contribution in [0.1, 0.15) is 39.0 Å². The molecule has 0 spiro atoms. The minimum Gasteiger partial charge on any atom is -0.384 e. The van der Waals surface area contributed by atoms with E-state index in [1.807, 2.05) is 24.3 Å². The van der Waals surface area contributed by atoms with Crippen LogP contribution in [-0.4, -0.2) is 19.6 Å². The van der Waals surface area contributed by atoms with E-state index in [0.717, 1.165) is 30.3 Å². The molecule has 0 saturated carbocycles. The predicted molar refractivity (Wildman–Crippen MR) is 81.6 cm³/mol. The summed E-state index contributed by atoms with van der Waals surface area (Å²) in [7, 11) is 0. The van der Waals surface area contributed by atoms with E-state index in [1.165, 1.54) is 32.1 Å². The number of unbranched alkanes of at least 4 members (excludes halogenated alkanes) is 4. The second-order valence-corrected chi connectivity index (χ2v) is 5.04. The summed E-state index contributed by atoms with van der Waals surface area (Å²) in [5, 5.41) is 7.58. The van der Waals surface area contributed by atoms with Crippen LogP contribution < -0.4 is 10.6 Å². The van der Waals surface area contributed by atoms with Crippen molar-refractivity contribution in [2.24, 2.45) is 0 Å². The zero-order valence-corrected chi connectivity index (χ0v) is 12.1. The molecule has 0 heterocycles. The van der Waals surface area contributed by atoms with Gasteiger partial charge < -0.3 is 10.6 Å². The Morgan fingerprint density at radius 3 is 2.61 bits per heavy atom. The average molecular weight is 269 g/mol. The molecule has 0 radical (unpaired) electrons. The molecule has 2 N–H and O–H groups in total. The van der Waals surface area contributed by atoms with Crippen LogP contribution in [0.2, 0.25) is 5.02 Å². The van der Waals surface area contributed by atoms with E-state index >= 15 is 0 Å². The van der Waals surface area contributed by atoms with Crippen molar-refractivity contribution in [1.82, 2.24) is 5.32 Å². The number of rotatable bonds is 10. The van der Waals surface area contributed by atoms with Crippen LogP contribution in [-0.2, 0) is 0 Å². The highest BCUT2D eigenvalue weighted by Crippen LogP contribution is 2.14. The first kappa shape index (κ1) is 15.3. The minimum atomic E-state index is 0.781. The van der Waals surface area contributed by atoms with E-state index in [1.54, 1.807) is 0 Å². The summed E-state index contributed by atoms with van der Waals surface area (Å²) in [5.41, 5.74) is 1.09. The van der Waals surface area contributed by atoms with Crippen LogP contribution in [0.3, 0.4) is 0 Å². The summed E-state index contributed by atoms with van der Waals surface area (Å²) in [6.45, 7) is 5.32. The van der Waals surface area contributed by atoms with E-state index < -0.39 is 0 Å². The highest BCUT2D eigenvalue weighted by atomic mass is 35.5. The fourth-order valence-corrected chi connectivity index (χ4v) is 2.06. The first-order valence-corrected chi connectivity index (χ1v) is 7.41. The van der Waals surface area contributed by atoms with Gasteiger partial charge in [-0.2, -0.15) is 0 Å². The maximum absolute atomic E-state index is 5.91. The van der Waals surface area contributed by atoms with E-state index in [4.69, 9.17) is 11.6 Å². The molecule has 0 saturated heterocycles. The molecule has 0 amide bonds. The van der Waals surface area contributed by atoms with Gasteiger partial charge in [0, 0.05) is 23.8 Å². The maximum atomic E-state index is 5.91. The highest BCUT2D eigenvalue weighted by molar-refractivity contribution is 6.30. The predicted octanol–water partition coefficient (Wildman–Crippen LogP) is 4.31. The van der Waals surface area contributed by atoms with Crippen molar-refractivity contribution < 1.29 is 0 Å². The standard InChI is InChI=1S/C15H25ClN2/c1-2-3-4-5-6-10-17-11-12-18-15-9-7-8-14(16)13-15/h7-9,13,17-18H,2-6,10-12H2,1H3. The summed E-state index contributed by atoms with van der Waals surface area (Å²) in [4.78, 5) is 0. The van der Waals surface area contributed by atoms with Gasteiger partial charge in [0.05, 0.1) is 0 Å². The summed E-state index contributed by atoms with van der Waals surface area (Å²) in [6, 6.07) is 7.84. The molecule has 0 bridgehead atoms. The van der Waals surface area contributed by atoms with Gasteiger partial charge in [-0.25, -0.2) is 0 Å². The van der Waals surface area contributed by atoms with Gasteiger partial charge in [-0.05, 0) is 31.2 Å². The van der Waals surface area contributed by atoms with Crippen molar-refractivity contribution in [3.63, 3.8) is 0 Å². The van der Waals surface area contributed by atoms with E-state index in [-0.39, 0.29) is 0 Å². The van der Waals surface area contributed by atoms with Gasteiger partial charge >= 0.3 is 0 Å². The Bertz CT molecular complexity index is 315. The maximum Gasteiger partial charge on any atom is 0.0426 e. The molecule has 1 aromatic rings. The van der Waals surface area contributed by atoms with Crippen LogP contribution in [0.5, 0.6) is 0 Å². The van der Waals surface area contributed by atoms with Gasteiger partial charge in [-0.3, -0.25) is 0 Å². The molecule has 3 heteroatoms. The van der Waals surface area contributed by atoms with Crippen molar-refractivity contribution in [1.29, 1.82) is 0 Å². The monoisotopic (exact) mass is 268 g/mol. The summed E-state index contributed by atoms with van der Waals surface area (Å²) < 4.78 is 0. The lowest BCUT2D eigenvalue weighted by Gasteiger charge is -2.08. The van der Waals surface area contributed by atoms with Crippen LogP contribution in [0.15, 0.2) is 24.3 Å². The van der Waals surface area contributed by atoms with Crippen molar-refractivity contribution in [2.45, 2.75) is 39.0 Å². The minimum absolute atomic E-state index is 0.781. The fourth-order valence-electron chi connectivity index (χ4n) is 1.87. The Morgan fingerprint density at radius 2 is 1.83 bits per heavy atom. The van der Waals surface area contributed by atoms with Gasteiger partial charge in [0.1, 0.15) is 0 Å². The fraction of sp³-hybridized carbons (Fsp3) is 0.600. The molecule has 2 nitrogen and oxygen atoms in total. The smallest absolute Gasteiger partial charge is 0.0426 e. The zero-order chi connectivity index (χ0) is 13.1. The van der Waals surface area contributed by atoms with Crippen molar-refractivity contribution >= 4 is 17.3 Å². The summed E-state index contributed by atoms with van der Waals surface area (Å²) in [5.74, 6) is 0. The molecule has 0 aliphatic rings. The Labute approximate surface area is 116 Å². The average Bonchev–Trinajstić information content (AvgIpc) is 2.37. The molecule has 0 aliphatic heterocycles. The third-order valence-electron chi connectivity index (χ3n) is 2.91. The van der Waals surface area contributed by atoms with Gasteiger partial charge in [-0.1, -0.05) is 50.3 Å². The number of hydrogen-bond donors (Lipinski definition) is 2.